The molecule has 2 aromatic carbocycles. The summed E-state index contributed by atoms with van der Waals surface area (Å²) in [6, 6.07) is 8.84. The number of hydrogen-bond donors (Lipinski definition) is 4. The smallest absolute Gasteiger partial charge is 0.507 e. The minimum atomic E-state index is -5.04. The fourth-order valence-electron chi connectivity index (χ4n) is 4.29. The van der Waals surface area contributed by atoms with E-state index in [-0.39, 0.29) is 34.0 Å². The van der Waals surface area contributed by atoms with Gasteiger partial charge in [0.25, 0.3) is 0 Å². The molecular weight excluding hydrogens is 471 g/mol. The van der Waals surface area contributed by atoms with E-state index in [2.05, 4.69) is 0 Å². The van der Waals surface area contributed by atoms with Crippen LogP contribution < -0.4 is 9.95 Å². The van der Waals surface area contributed by atoms with Crippen molar-refractivity contribution < 1.29 is 33.5 Å². The minimum absolute atomic E-state index is 0.0996. The van der Waals surface area contributed by atoms with Gasteiger partial charge in [-0.05, 0) is 32.1 Å². The second kappa shape index (κ2) is 8.79. The van der Waals surface area contributed by atoms with Crippen LogP contribution >= 0.6 is 19.4 Å². The lowest BCUT2D eigenvalue weighted by Crippen LogP contribution is -2.50. The summed E-state index contributed by atoms with van der Waals surface area (Å²) in [4.78, 5) is 33.9. The van der Waals surface area contributed by atoms with E-state index in [1.165, 1.54) is 6.07 Å². The van der Waals surface area contributed by atoms with Gasteiger partial charge < -0.3 is 24.1 Å². The van der Waals surface area contributed by atoms with Crippen LogP contribution in [0.1, 0.15) is 17.9 Å². The summed E-state index contributed by atoms with van der Waals surface area (Å²) in [5.41, 5.74) is -0.184. The van der Waals surface area contributed by atoms with Crippen molar-refractivity contribution in [2.45, 2.75) is 24.4 Å². The first-order valence-electron chi connectivity index (χ1n) is 10.2. The number of phenolic OH excluding ortho intramolecular Hbond substituents is 1. The van der Waals surface area contributed by atoms with Crippen molar-refractivity contribution >= 4 is 38.2 Å². The number of phosphoric acid groups is 1. The standard InChI is InChI=1S/C21H22BClNO8P/c1-24-7-6-11(19(27)21(24)22)17-16(32-33(28,29)30)9-14(26)18-13(25)8-15(31-20(17)18)10-4-2-3-5-12(10)23/h2-5,8-9,11,19,21,26-27H,6-7,22H2,1H3,(H2,28,29,30)/t11-,19+,21?/m1/s1. The van der Waals surface area contributed by atoms with Gasteiger partial charge in [-0.15, -0.1) is 0 Å². The molecule has 0 amide bonds. The van der Waals surface area contributed by atoms with Crippen LogP contribution in [-0.2, 0) is 4.57 Å². The van der Waals surface area contributed by atoms with Gasteiger partial charge in [-0.25, -0.2) is 4.57 Å². The molecule has 1 aliphatic rings. The summed E-state index contributed by atoms with van der Waals surface area (Å²) in [5.74, 6) is -1.82. The van der Waals surface area contributed by atoms with Crippen LogP contribution in [0, 0.1) is 0 Å². The largest absolute Gasteiger partial charge is 0.524 e. The van der Waals surface area contributed by atoms with E-state index in [1.54, 1.807) is 24.3 Å². The van der Waals surface area contributed by atoms with Gasteiger partial charge in [0.05, 0.1) is 11.1 Å². The molecule has 33 heavy (non-hydrogen) atoms. The number of aliphatic hydroxyl groups is 1. The molecule has 0 radical (unpaired) electrons. The molecule has 1 unspecified atom stereocenters. The van der Waals surface area contributed by atoms with E-state index in [9.17, 15) is 29.4 Å². The summed E-state index contributed by atoms with van der Waals surface area (Å²) in [7, 11) is -1.38. The number of rotatable bonds is 4. The van der Waals surface area contributed by atoms with E-state index in [4.69, 9.17) is 20.5 Å². The third-order valence-corrected chi connectivity index (χ3v) is 6.87. The highest BCUT2D eigenvalue weighted by Crippen LogP contribution is 2.48. The highest BCUT2D eigenvalue weighted by atomic mass is 35.5. The monoisotopic (exact) mass is 493 g/mol. The fourth-order valence-corrected chi connectivity index (χ4v) is 4.93. The number of nitrogens with zero attached hydrogens (tertiary/aromatic N) is 1. The second-order valence-corrected chi connectivity index (χ2v) is 9.73. The molecule has 3 aromatic rings. The molecule has 9 nitrogen and oxygen atoms in total. The van der Waals surface area contributed by atoms with Gasteiger partial charge in [-0.3, -0.25) is 14.6 Å². The summed E-state index contributed by atoms with van der Waals surface area (Å²) in [6.45, 7) is 0.565. The van der Waals surface area contributed by atoms with E-state index < -0.39 is 31.0 Å². The number of benzene rings is 2. The van der Waals surface area contributed by atoms with Crippen LogP contribution in [-0.4, -0.2) is 58.4 Å². The summed E-state index contributed by atoms with van der Waals surface area (Å²) >= 11 is 6.27. The number of aliphatic hydroxyl groups excluding tert-OH is 1. The van der Waals surface area contributed by atoms with Gasteiger partial charge >= 0.3 is 7.82 Å². The zero-order valence-corrected chi connectivity index (χ0v) is 19.5. The molecule has 1 aromatic heterocycles. The number of fused-ring (bicyclic) bond motifs is 1. The fraction of sp³-hybridized carbons (Fsp3) is 0.286. The number of likely N-dealkylation sites (tertiary alicyclic amines) is 1. The second-order valence-electron chi connectivity index (χ2n) is 8.16. The zero-order valence-electron chi connectivity index (χ0n) is 17.8. The van der Waals surface area contributed by atoms with Crippen LogP contribution in [0.15, 0.2) is 45.6 Å². The van der Waals surface area contributed by atoms with Crippen LogP contribution in [0.25, 0.3) is 22.3 Å². The molecule has 1 fully saturated rings. The predicted octanol–water partition coefficient (Wildman–Crippen LogP) is 2.03. The number of likely N-dealkylation sites (N-methyl/N-ethyl adjacent to an activating group) is 1. The molecule has 0 saturated carbocycles. The van der Waals surface area contributed by atoms with Crippen LogP contribution in [0.5, 0.6) is 11.5 Å². The van der Waals surface area contributed by atoms with Crippen molar-refractivity contribution in [3.05, 3.63) is 57.2 Å². The first-order valence-corrected chi connectivity index (χ1v) is 12.1. The van der Waals surface area contributed by atoms with Crippen molar-refractivity contribution in [1.82, 2.24) is 4.90 Å². The van der Waals surface area contributed by atoms with E-state index in [0.717, 1.165) is 6.07 Å². The Labute approximate surface area is 194 Å². The lowest BCUT2D eigenvalue weighted by atomic mass is 9.74. The molecule has 1 aliphatic heterocycles. The predicted molar refractivity (Wildman–Crippen MR) is 126 cm³/mol. The Morgan fingerprint density at radius 3 is 2.64 bits per heavy atom. The Balaban J connectivity index is 2.06. The molecule has 0 bridgehead atoms. The molecule has 0 aliphatic carbocycles. The van der Waals surface area contributed by atoms with Gasteiger partial charge in [0, 0.05) is 35.1 Å². The lowest BCUT2D eigenvalue weighted by Gasteiger charge is -2.40. The third-order valence-electron chi connectivity index (χ3n) is 6.10. The highest BCUT2D eigenvalue weighted by molar-refractivity contribution is 7.46. The van der Waals surface area contributed by atoms with E-state index >= 15 is 0 Å². The highest BCUT2D eigenvalue weighted by Gasteiger charge is 2.38. The Bertz CT molecular complexity index is 1330. The van der Waals surface area contributed by atoms with Gasteiger partial charge in [-0.2, -0.15) is 0 Å². The number of phosphoric ester groups is 1. The van der Waals surface area contributed by atoms with Crippen molar-refractivity contribution in [3.63, 3.8) is 0 Å². The van der Waals surface area contributed by atoms with Crippen LogP contribution in [0.4, 0.5) is 0 Å². The normalized spacial score (nSPS) is 21.9. The Hall–Kier alpha value is -2.33. The summed E-state index contributed by atoms with van der Waals surface area (Å²) in [5, 5.41) is 21.7. The molecule has 174 valence electrons. The zero-order chi connectivity index (χ0) is 24.1. The van der Waals surface area contributed by atoms with Crippen molar-refractivity contribution in [2.24, 2.45) is 0 Å². The maximum absolute atomic E-state index is 13.0. The Morgan fingerprint density at radius 2 is 1.97 bits per heavy atom. The number of phenols is 1. The Kier molecular flexibility index (Phi) is 6.35. The van der Waals surface area contributed by atoms with Gasteiger partial charge in [0.2, 0.25) is 0 Å². The molecule has 4 rings (SSSR count). The van der Waals surface area contributed by atoms with Gasteiger partial charge in [0.15, 0.2) is 5.43 Å². The van der Waals surface area contributed by atoms with E-state index in [0.29, 0.717) is 23.6 Å². The molecule has 12 heteroatoms. The molecule has 4 N–H and O–H groups in total. The quantitative estimate of drug-likeness (QED) is 0.317. The number of piperidine rings is 1. The van der Waals surface area contributed by atoms with Gasteiger partial charge in [0.1, 0.15) is 36.1 Å². The third kappa shape index (κ3) is 4.55. The minimum Gasteiger partial charge on any atom is -0.507 e. The topological polar surface area (TPSA) is 141 Å². The van der Waals surface area contributed by atoms with Gasteiger partial charge in [-0.1, -0.05) is 23.7 Å². The van der Waals surface area contributed by atoms with Crippen LogP contribution in [0.2, 0.25) is 5.02 Å². The van der Waals surface area contributed by atoms with Crippen molar-refractivity contribution in [2.75, 3.05) is 13.6 Å². The molecule has 0 spiro atoms. The number of hydrogen-bond acceptors (Lipinski definition) is 7. The number of aromatic hydroxyl groups is 1. The average Bonchev–Trinajstić information content (AvgIpc) is 2.72. The maximum atomic E-state index is 13.0. The summed E-state index contributed by atoms with van der Waals surface area (Å²) < 4.78 is 22.6. The molecule has 2 heterocycles. The SMILES string of the molecule is BC1[C@@H](O)[C@@H](c2c(OP(=O)(O)O)cc(O)c3c(=O)cc(-c4ccccc4Cl)oc23)CCN1C. The van der Waals surface area contributed by atoms with E-state index in [1.807, 2.05) is 19.8 Å². The first kappa shape index (κ1) is 23.8. The Morgan fingerprint density at radius 1 is 1.27 bits per heavy atom. The maximum Gasteiger partial charge on any atom is 0.524 e. The molecular formula is C21H22BClNO8P. The summed E-state index contributed by atoms with van der Waals surface area (Å²) in [6.07, 6.45) is -0.579. The lowest BCUT2D eigenvalue weighted by molar-refractivity contribution is 0.0433. The van der Waals surface area contributed by atoms with Crippen LogP contribution in [0.3, 0.4) is 0 Å². The van der Waals surface area contributed by atoms with Crippen molar-refractivity contribution in [3.8, 4) is 22.8 Å². The average molecular weight is 494 g/mol. The molecule has 1 saturated heterocycles. The first-order chi connectivity index (χ1) is 15.5. The van der Waals surface area contributed by atoms with Crippen molar-refractivity contribution in [1.29, 1.82) is 0 Å². The number of halogens is 1. The molecule has 3 atom stereocenters.